The van der Waals surface area contributed by atoms with Crippen LogP contribution in [0.4, 0.5) is 11.8 Å². The van der Waals surface area contributed by atoms with Gasteiger partial charge in [-0.3, -0.25) is 5.43 Å². The molecule has 132 valence electrons. The first-order valence-electron chi connectivity index (χ1n) is 8.33. The summed E-state index contributed by atoms with van der Waals surface area (Å²) < 4.78 is 0. The molecule has 0 atom stereocenters. The number of nitrogens with one attached hydrogen (secondary N) is 2. The highest BCUT2D eigenvalue weighted by atomic mass is 16.3. The minimum Gasteiger partial charge on any atom is -0.508 e. The molecule has 0 radical (unpaired) electrons. The van der Waals surface area contributed by atoms with Crippen molar-refractivity contribution in [3.63, 3.8) is 0 Å². The largest absolute Gasteiger partial charge is 0.508 e. The summed E-state index contributed by atoms with van der Waals surface area (Å²) in [5.74, 6) is 1.40. The second-order valence-corrected chi connectivity index (χ2v) is 5.91. The third-order valence-corrected chi connectivity index (χ3v) is 3.77. The molecule has 0 aliphatic rings. The van der Waals surface area contributed by atoms with Crippen molar-refractivity contribution in [1.82, 2.24) is 9.97 Å². The lowest BCUT2D eigenvalue weighted by Gasteiger charge is -2.08. The van der Waals surface area contributed by atoms with Gasteiger partial charge in [-0.05, 0) is 49.2 Å². The molecule has 6 nitrogen and oxygen atoms in total. The second kappa shape index (κ2) is 8.11. The molecular weight excluding hydrogens is 326 g/mol. The normalized spacial score (nSPS) is 11.2. The van der Waals surface area contributed by atoms with E-state index in [-0.39, 0.29) is 5.75 Å². The van der Waals surface area contributed by atoms with Crippen molar-refractivity contribution in [1.29, 1.82) is 0 Å². The van der Waals surface area contributed by atoms with E-state index in [0.29, 0.717) is 18.3 Å². The number of rotatable bonds is 6. The zero-order valence-corrected chi connectivity index (χ0v) is 14.8. The molecule has 0 saturated heterocycles. The average molecular weight is 347 g/mol. The van der Waals surface area contributed by atoms with Crippen molar-refractivity contribution < 1.29 is 5.11 Å². The quantitative estimate of drug-likeness (QED) is 0.465. The summed E-state index contributed by atoms with van der Waals surface area (Å²) in [4.78, 5) is 8.85. The number of phenols is 1. The Kier molecular flexibility index (Phi) is 5.43. The van der Waals surface area contributed by atoms with Gasteiger partial charge in [-0.1, -0.05) is 30.3 Å². The van der Waals surface area contributed by atoms with Gasteiger partial charge in [-0.15, -0.1) is 0 Å². The van der Waals surface area contributed by atoms with E-state index >= 15 is 0 Å². The molecule has 3 rings (SSSR count). The van der Waals surface area contributed by atoms with E-state index < -0.39 is 0 Å². The molecule has 2 aromatic carbocycles. The molecule has 26 heavy (non-hydrogen) atoms. The zero-order chi connectivity index (χ0) is 18.4. The Balaban J connectivity index is 1.69. The van der Waals surface area contributed by atoms with Gasteiger partial charge in [0.1, 0.15) is 5.75 Å². The number of hydrogen-bond acceptors (Lipinski definition) is 6. The fourth-order valence-corrected chi connectivity index (χ4v) is 2.39. The van der Waals surface area contributed by atoms with Crippen LogP contribution in [0.1, 0.15) is 23.7 Å². The highest BCUT2D eigenvalue weighted by molar-refractivity contribution is 5.99. The number of hydrogen-bond donors (Lipinski definition) is 3. The van der Waals surface area contributed by atoms with Crippen molar-refractivity contribution in [2.75, 3.05) is 10.7 Å². The Hall–Kier alpha value is -3.41. The lowest BCUT2D eigenvalue weighted by molar-refractivity contribution is 0.475. The summed E-state index contributed by atoms with van der Waals surface area (Å²) in [6.45, 7) is 4.46. The number of hydrazone groups is 1. The van der Waals surface area contributed by atoms with Gasteiger partial charge in [0, 0.05) is 18.3 Å². The van der Waals surface area contributed by atoms with Gasteiger partial charge in [-0.2, -0.15) is 10.1 Å². The fourth-order valence-electron chi connectivity index (χ4n) is 2.39. The molecule has 0 spiro atoms. The van der Waals surface area contributed by atoms with Crippen molar-refractivity contribution >= 4 is 17.5 Å². The minimum atomic E-state index is 0.232. The van der Waals surface area contributed by atoms with Crippen LogP contribution in [-0.2, 0) is 6.54 Å². The van der Waals surface area contributed by atoms with Crippen molar-refractivity contribution in [3.8, 4) is 5.75 Å². The average Bonchev–Trinajstić information content (AvgIpc) is 2.65. The molecule has 6 heteroatoms. The van der Waals surface area contributed by atoms with Gasteiger partial charge in [0.15, 0.2) is 5.82 Å². The number of anilines is 2. The first kappa shape index (κ1) is 17.4. The van der Waals surface area contributed by atoms with Crippen LogP contribution in [0.5, 0.6) is 5.75 Å². The van der Waals surface area contributed by atoms with Gasteiger partial charge in [0.2, 0.25) is 5.95 Å². The van der Waals surface area contributed by atoms with E-state index in [9.17, 15) is 5.11 Å². The third kappa shape index (κ3) is 4.80. The molecule has 0 amide bonds. The van der Waals surface area contributed by atoms with E-state index in [0.717, 1.165) is 22.5 Å². The van der Waals surface area contributed by atoms with Crippen LogP contribution in [0, 0.1) is 6.92 Å². The molecule has 0 saturated carbocycles. The fraction of sp³-hybridized carbons (Fsp3) is 0.150. The molecule has 3 aromatic rings. The minimum absolute atomic E-state index is 0.232. The van der Waals surface area contributed by atoms with Gasteiger partial charge in [0.25, 0.3) is 0 Å². The molecule has 0 aliphatic heterocycles. The first-order valence-corrected chi connectivity index (χ1v) is 8.33. The monoisotopic (exact) mass is 347 g/mol. The van der Waals surface area contributed by atoms with Crippen LogP contribution in [0.3, 0.4) is 0 Å². The summed E-state index contributed by atoms with van der Waals surface area (Å²) in [6, 6.07) is 18.8. The van der Waals surface area contributed by atoms with Crippen LogP contribution in [0.15, 0.2) is 65.8 Å². The lowest BCUT2D eigenvalue weighted by atomic mass is 10.1. The van der Waals surface area contributed by atoms with Crippen molar-refractivity contribution in [2.45, 2.75) is 20.4 Å². The molecular formula is C20H21N5O. The maximum Gasteiger partial charge on any atom is 0.225 e. The second-order valence-electron chi connectivity index (χ2n) is 5.91. The number of aromatic nitrogens is 2. The van der Waals surface area contributed by atoms with Crippen LogP contribution in [0.25, 0.3) is 0 Å². The Bertz CT molecular complexity index is 892. The first-order chi connectivity index (χ1) is 12.6. The molecule has 0 aliphatic carbocycles. The van der Waals surface area contributed by atoms with E-state index in [1.54, 1.807) is 12.1 Å². The predicted molar refractivity (Wildman–Crippen MR) is 104 cm³/mol. The molecule has 0 fully saturated rings. The Morgan fingerprint density at radius 3 is 2.50 bits per heavy atom. The van der Waals surface area contributed by atoms with E-state index in [2.05, 4.69) is 25.8 Å². The number of phenolic OH excluding ortho intramolecular Hbond substituents is 1. The Labute approximate surface area is 152 Å². The maximum atomic E-state index is 9.36. The Morgan fingerprint density at radius 2 is 1.77 bits per heavy atom. The van der Waals surface area contributed by atoms with Crippen LogP contribution in [0.2, 0.25) is 0 Å². The topological polar surface area (TPSA) is 82.4 Å². The smallest absolute Gasteiger partial charge is 0.225 e. The highest BCUT2D eigenvalue weighted by Gasteiger charge is 2.03. The highest BCUT2D eigenvalue weighted by Crippen LogP contribution is 2.13. The number of benzene rings is 2. The number of aromatic hydroxyl groups is 1. The van der Waals surface area contributed by atoms with E-state index in [4.69, 9.17) is 0 Å². The Morgan fingerprint density at radius 1 is 1.04 bits per heavy atom. The molecule has 1 aromatic heterocycles. The van der Waals surface area contributed by atoms with Gasteiger partial charge in [0.05, 0.1) is 5.71 Å². The SMILES string of the molecule is CC(=NNc1cc(C)nc(NCc2ccccc2)n1)c1ccc(O)cc1. The zero-order valence-electron chi connectivity index (χ0n) is 14.8. The van der Waals surface area contributed by atoms with Gasteiger partial charge < -0.3 is 10.4 Å². The van der Waals surface area contributed by atoms with Crippen molar-refractivity contribution in [3.05, 3.63) is 77.5 Å². The third-order valence-electron chi connectivity index (χ3n) is 3.77. The van der Waals surface area contributed by atoms with E-state index in [1.165, 1.54) is 0 Å². The molecule has 3 N–H and O–H groups in total. The predicted octanol–water partition coefficient (Wildman–Crippen LogP) is 3.94. The van der Waals surface area contributed by atoms with Gasteiger partial charge in [-0.25, -0.2) is 4.98 Å². The van der Waals surface area contributed by atoms with Crippen LogP contribution < -0.4 is 10.7 Å². The van der Waals surface area contributed by atoms with E-state index in [1.807, 2.05) is 62.4 Å². The molecule has 0 unspecified atom stereocenters. The summed E-state index contributed by atoms with van der Waals surface area (Å²) >= 11 is 0. The van der Waals surface area contributed by atoms with Crippen LogP contribution in [-0.4, -0.2) is 20.8 Å². The number of nitrogens with zero attached hydrogens (tertiary/aromatic N) is 3. The van der Waals surface area contributed by atoms with Gasteiger partial charge >= 0.3 is 0 Å². The summed E-state index contributed by atoms with van der Waals surface area (Å²) in [5, 5.41) is 17.0. The summed E-state index contributed by atoms with van der Waals surface area (Å²) in [7, 11) is 0. The van der Waals surface area contributed by atoms with Crippen molar-refractivity contribution in [2.24, 2.45) is 5.10 Å². The summed E-state index contributed by atoms with van der Waals surface area (Å²) in [6.07, 6.45) is 0. The van der Waals surface area contributed by atoms with Crippen LogP contribution >= 0.6 is 0 Å². The number of aryl methyl sites for hydroxylation is 1. The lowest BCUT2D eigenvalue weighted by Crippen LogP contribution is -2.07. The summed E-state index contributed by atoms with van der Waals surface area (Å²) in [5.41, 5.74) is 6.69. The molecule has 1 heterocycles. The standard InChI is InChI=1S/C20H21N5O/c1-14-12-19(25-24-15(2)17-8-10-18(26)11-9-17)23-20(22-14)21-13-16-6-4-3-5-7-16/h3-12,26H,13H2,1-2H3,(H2,21,22,23,25). The molecule has 0 bridgehead atoms. The maximum absolute atomic E-state index is 9.36.